The van der Waals surface area contributed by atoms with E-state index in [2.05, 4.69) is 17.4 Å². The molecule has 1 aromatic carbocycles. The molecule has 0 spiro atoms. The number of hydrogen-bond acceptors (Lipinski definition) is 2. The van der Waals surface area contributed by atoms with Crippen molar-refractivity contribution >= 4 is 0 Å². The average molecular weight is 302 g/mol. The van der Waals surface area contributed by atoms with Gasteiger partial charge in [0.15, 0.2) is 11.5 Å². The highest BCUT2D eigenvalue weighted by molar-refractivity contribution is 5.46. The van der Waals surface area contributed by atoms with Crippen molar-refractivity contribution in [3.05, 3.63) is 23.8 Å². The number of ether oxygens (including phenoxy) is 2. The minimum Gasteiger partial charge on any atom is -0.493 e. The Morgan fingerprint density at radius 3 is 2.18 bits per heavy atom. The maximum absolute atomic E-state index is 5.59. The molecule has 1 aromatic rings. The van der Waals surface area contributed by atoms with E-state index in [4.69, 9.17) is 9.47 Å². The van der Waals surface area contributed by atoms with E-state index in [1.54, 1.807) is 14.2 Å². The van der Waals surface area contributed by atoms with Crippen molar-refractivity contribution in [1.82, 2.24) is 0 Å². The van der Waals surface area contributed by atoms with Crippen LogP contribution in [0, 0.1) is 17.8 Å². The number of para-hydroxylation sites is 1. The van der Waals surface area contributed by atoms with Crippen molar-refractivity contribution in [2.75, 3.05) is 14.2 Å². The molecule has 0 radical (unpaired) electrons. The lowest BCUT2D eigenvalue weighted by Gasteiger charge is -2.54. The van der Waals surface area contributed by atoms with Gasteiger partial charge in [-0.15, -0.1) is 0 Å². The van der Waals surface area contributed by atoms with Crippen LogP contribution in [0.4, 0.5) is 0 Å². The molecule has 4 saturated carbocycles. The van der Waals surface area contributed by atoms with Gasteiger partial charge in [-0.2, -0.15) is 0 Å². The molecule has 3 nitrogen and oxygen atoms in total. The van der Waals surface area contributed by atoms with Crippen molar-refractivity contribution in [3.63, 3.8) is 0 Å². The van der Waals surface area contributed by atoms with E-state index in [-0.39, 0.29) is 0 Å². The second-order valence-electron chi connectivity index (χ2n) is 7.84. The van der Waals surface area contributed by atoms with Gasteiger partial charge in [0.05, 0.1) is 25.3 Å². The van der Waals surface area contributed by atoms with Crippen molar-refractivity contribution in [2.45, 2.75) is 50.6 Å². The Morgan fingerprint density at radius 1 is 1.00 bits per heavy atom. The predicted molar refractivity (Wildman–Crippen MR) is 86.1 cm³/mol. The number of nitrogens with two attached hydrogens (primary N) is 1. The molecule has 4 bridgehead atoms. The summed E-state index contributed by atoms with van der Waals surface area (Å²) >= 11 is 0. The molecule has 22 heavy (non-hydrogen) atoms. The van der Waals surface area contributed by atoms with Gasteiger partial charge in [0.2, 0.25) is 0 Å². The summed E-state index contributed by atoms with van der Waals surface area (Å²) in [4.78, 5) is 0. The standard InChI is InChI=1S/C19H27NO2/c1-21-17-5-3-4-16(18(17)22-2)12-20-19-9-13-6-14(10-19)8-15(7-13)11-19/h3-5,13-15,20H,6-12H2,1-2H3/p+1. The molecule has 3 heteroatoms. The minimum atomic E-state index is 0.517. The zero-order valence-corrected chi connectivity index (χ0v) is 13.8. The lowest BCUT2D eigenvalue weighted by Crippen LogP contribution is -2.97. The van der Waals surface area contributed by atoms with Crippen molar-refractivity contribution < 1.29 is 14.8 Å². The molecule has 4 fully saturated rings. The Hall–Kier alpha value is -1.22. The molecule has 0 amide bonds. The summed E-state index contributed by atoms with van der Waals surface area (Å²) in [6, 6.07) is 6.23. The Balaban J connectivity index is 1.51. The van der Waals surface area contributed by atoms with Crippen molar-refractivity contribution in [3.8, 4) is 11.5 Å². The largest absolute Gasteiger partial charge is 0.493 e. The number of hydrogen-bond donors (Lipinski definition) is 1. The second-order valence-corrected chi connectivity index (χ2v) is 7.84. The van der Waals surface area contributed by atoms with Gasteiger partial charge in [0.1, 0.15) is 6.54 Å². The predicted octanol–water partition coefficient (Wildman–Crippen LogP) is 2.74. The first-order valence-electron chi connectivity index (χ1n) is 8.75. The molecule has 0 aliphatic heterocycles. The zero-order chi connectivity index (χ0) is 15.2. The fraction of sp³-hybridized carbons (Fsp3) is 0.684. The van der Waals surface area contributed by atoms with E-state index in [9.17, 15) is 0 Å². The lowest BCUT2D eigenvalue weighted by atomic mass is 9.53. The fourth-order valence-electron chi connectivity index (χ4n) is 5.87. The van der Waals surface area contributed by atoms with Gasteiger partial charge >= 0.3 is 0 Å². The van der Waals surface area contributed by atoms with E-state index in [1.807, 2.05) is 6.07 Å². The topological polar surface area (TPSA) is 35.1 Å². The van der Waals surface area contributed by atoms with Gasteiger partial charge in [-0.1, -0.05) is 6.07 Å². The lowest BCUT2D eigenvalue weighted by molar-refractivity contribution is -0.752. The van der Waals surface area contributed by atoms with E-state index in [0.717, 1.165) is 35.8 Å². The normalized spacial score (nSPS) is 35.6. The minimum absolute atomic E-state index is 0.517. The maximum Gasteiger partial charge on any atom is 0.169 e. The highest BCUT2D eigenvalue weighted by atomic mass is 16.5. The van der Waals surface area contributed by atoms with E-state index in [0.29, 0.717) is 5.54 Å². The second kappa shape index (κ2) is 5.45. The molecular formula is C19H28NO2+. The average Bonchev–Trinajstić information content (AvgIpc) is 2.51. The summed E-state index contributed by atoms with van der Waals surface area (Å²) in [6.07, 6.45) is 8.84. The molecule has 2 N–H and O–H groups in total. The van der Waals surface area contributed by atoms with Crippen LogP contribution in [-0.4, -0.2) is 19.8 Å². The van der Waals surface area contributed by atoms with E-state index in [1.165, 1.54) is 44.1 Å². The van der Waals surface area contributed by atoms with E-state index < -0.39 is 0 Å². The number of quaternary nitrogens is 1. The first kappa shape index (κ1) is 14.4. The Labute approximate surface area is 133 Å². The van der Waals surface area contributed by atoms with Gasteiger partial charge in [-0.25, -0.2) is 0 Å². The van der Waals surface area contributed by atoms with Gasteiger partial charge in [-0.3, -0.25) is 0 Å². The maximum atomic E-state index is 5.59. The summed E-state index contributed by atoms with van der Waals surface area (Å²) in [5.41, 5.74) is 1.78. The summed E-state index contributed by atoms with van der Waals surface area (Å²) < 4.78 is 11.0. The molecule has 4 aliphatic carbocycles. The van der Waals surface area contributed by atoms with Gasteiger partial charge < -0.3 is 14.8 Å². The van der Waals surface area contributed by atoms with Crippen LogP contribution in [-0.2, 0) is 6.54 Å². The first-order chi connectivity index (χ1) is 10.7. The van der Waals surface area contributed by atoms with Crippen LogP contribution in [0.2, 0.25) is 0 Å². The Morgan fingerprint density at radius 2 is 1.64 bits per heavy atom. The number of benzene rings is 1. The summed E-state index contributed by atoms with van der Waals surface area (Å²) in [5.74, 6) is 4.78. The van der Waals surface area contributed by atoms with Crippen LogP contribution in [0.5, 0.6) is 11.5 Å². The van der Waals surface area contributed by atoms with Crippen LogP contribution in [0.25, 0.3) is 0 Å². The molecule has 0 aromatic heterocycles. The van der Waals surface area contributed by atoms with Gasteiger partial charge in [0.25, 0.3) is 0 Å². The van der Waals surface area contributed by atoms with Crippen LogP contribution in [0.1, 0.15) is 44.1 Å². The third kappa shape index (κ3) is 2.40. The molecular weight excluding hydrogens is 274 g/mol. The number of methoxy groups -OCH3 is 2. The van der Waals surface area contributed by atoms with E-state index >= 15 is 0 Å². The Bertz CT molecular complexity index is 519. The Kier molecular flexibility index (Phi) is 3.56. The molecule has 4 aliphatic rings. The molecule has 0 atom stereocenters. The third-order valence-corrected chi connectivity index (χ3v) is 6.33. The summed E-state index contributed by atoms with van der Waals surface area (Å²) in [6.45, 7) is 1.01. The molecule has 0 heterocycles. The summed E-state index contributed by atoms with van der Waals surface area (Å²) in [7, 11) is 3.45. The van der Waals surface area contributed by atoms with Crippen molar-refractivity contribution in [2.24, 2.45) is 17.8 Å². The smallest absolute Gasteiger partial charge is 0.169 e. The third-order valence-electron chi connectivity index (χ3n) is 6.33. The SMILES string of the molecule is COc1cccc(C[NH2+]C23CC4CC(CC(C4)C2)C3)c1OC. The molecule has 5 rings (SSSR count). The highest BCUT2D eigenvalue weighted by Crippen LogP contribution is 2.54. The monoisotopic (exact) mass is 302 g/mol. The van der Waals surface area contributed by atoms with Gasteiger partial charge in [0, 0.05) is 19.3 Å². The van der Waals surface area contributed by atoms with Crippen LogP contribution in [0.3, 0.4) is 0 Å². The van der Waals surface area contributed by atoms with Crippen LogP contribution >= 0.6 is 0 Å². The van der Waals surface area contributed by atoms with Gasteiger partial charge in [-0.05, 0) is 49.1 Å². The van der Waals surface area contributed by atoms with Crippen LogP contribution in [0.15, 0.2) is 18.2 Å². The van der Waals surface area contributed by atoms with Crippen LogP contribution < -0.4 is 14.8 Å². The fourth-order valence-corrected chi connectivity index (χ4v) is 5.87. The van der Waals surface area contributed by atoms with Crippen molar-refractivity contribution in [1.29, 1.82) is 0 Å². The molecule has 0 unspecified atom stereocenters. The molecule has 120 valence electrons. The molecule has 0 saturated heterocycles. The first-order valence-corrected chi connectivity index (χ1v) is 8.75. The summed E-state index contributed by atoms with van der Waals surface area (Å²) in [5, 5.41) is 2.63. The highest BCUT2D eigenvalue weighted by Gasteiger charge is 2.53. The zero-order valence-electron chi connectivity index (χ0n) is 13.8. The number of rotatable bonds is 5. The quantitative estimate of drug-likeness (QED) is 0.907.